The number of halogens is 4. The van der Waals surface area contributed by atoms with Crippen LogP contribution in [0, 0.1) is 0 Å². The standard InChI is InChI=1S/C7H8ClF3N2O2S/c1-16(14,15)3-2-13-6(8)4-5(12-13)7(9,10)11/h4H,2-3H2,1H3. The van der Waals surface area contributed by atoms with Gasteiger partial charge in [-0.2, -0.15) is 18.3 Å². The van der Waals surface area contributed by atoms with Gasteiger partial charge in [0, 0.05) is 12.3 Å². The molecule has 0 unspecified atom stereocenters. The Balaban J connectivity index is 2.87. The first-order valence-corrected chi connectivity index (χ1v) is 6.52. The molecule has 0 aliphatic rings. The third-order valence-electron chi connectivity index (χ3n) is 1.70. The van der Waals surface area contributed by atoms with Gasteiger partial charge in [0.25, 0.3) is 0 Å². The molecule has 4 nitrogen and oxygen atoms in total. The summed E-state index contributed by atoms with van der Waals surface area (Å²) in [5.74, 6) is -0.314. The van der Waals surface area contributed by atoms with Crippen LogP contribution in [0.15, 0.2) is 6.07 Å². The molecule has 0 bridgehead atoms. The number of alkyl halides is 3. The maximum Gasteiger partial charge on any atom is 0.435 e. The zero-order valence-corrected chi connectivity index (χ0v) is 9.70. The van der Waals surface area contributed by atoms with E-state index in [1.165, 1.54) is 0 Å². The van der Waals surface area contributed by atoms with Crippen molar-refractivity contribution in [3.63, 3.8) is 0 Å². The summed E-state index contributed by atoms with van der Waals surface area (Å²) in [4.78, 5) is 0. The van der Waals surface area contributed by atoms with Crippen LogP contribution in [0.5, 0.6) is 0 Å². The molecule has 0 saturated carbocycles. The van der Waals surface area contributed by atoms with E-state index in [1.54, 1.807) is 0 Å². The van der Waals surface area contributed by atoms with Crippen LogP contribution in [0.25, 0.3) is 0 Å². The molecule has 0 aromatic carbocycles. The Morgan fingerprint density at radius 1 is 1.50 bits per heavy atom. The Morgan fingerprint density at radius 3 is 2.44 bits per heavy atom. The smallest absolute Gasteiger partial charge is 0.252 e. The fourth-order valence-corrected chi connectivity index (χ4v) is 1.67. The Hall–Kier alpha value is -0.760. The number of hydrogen-bond donors (Lipinski definition) is 0. The molecule has 92 valence electrons. The van der Waals surface area contributed by atoms with Gasteiger partial charge in [-0.05, 0) is 0 Å². The summed E-state index contributed by atoms with van der Waals surface area (Å²) >= 11 is 5.49. The molecule has 0 aliphatic heterocycles. The van der Waals surface area contributed by atoms with Gasteiger partial charge in [-0.25, -0.2) is 8.42 Å². The molecular weight excluding hydrogens is 269 g/mol. The lowest BCUT2D eigenvalue weighted by Gasteiger charge is -2.02. The first-order valence-electron chi connectivity index (χ1n) is 4.08. The van der Waals surface area contributed by atoms with Crippen LogP contribution in [0.4, 0.5) is 13.2 Å². The van der Waals surface area contributed by atoms with E-state index in [9.17, 15) is 21.6 Å². The number of aryl methyl sites for hydroxylation is 1. The molecule has 0 spiro atoms. The van der Waals surface area contributed by atoms with E-state index in [2.05, 4.69) is 5.10 Å². The molecule has 0 amide bonds. The zero-order chi connectivity index (χ0) is 12.6. The van der Waals surface area contributed by atoms with Crippen LogP contribution >= 0.6 is 11.6 Å². The van der Waals surface area contributed by atoms with Crippen LogP contribution in [0.3, 0.4) is 0 Å². The highest BCUT2D eigenvalue weighted by Gasteiger charge is 2.34. The number of rotatable bonds is 3. The van der Waals surface area contributed by atoms with Crippen molar-refractivity contribution in [1.82, 2.24) is 9.78 Å². The number of sulfone groups is 1. The van der Waals surface area contributed by atoms with Gasteiger partial charge >= 0.3 is 6.18 Å². The van der Waals surface area contributed by atoms with Gasteiger partial charge in [0.1, 0.15) is 15.0 Å². The van der Waals surface area contributed by atoms with Gasteiger partial charge in [-0.1, -0.05) is 11.6 Å². The SMILES string of the molecule is CS(=O)(=O)CCn1nc(C(F)(F)F)cc1Cl. The van der Waals surface area contributed by atoms with Gasteiger partial charge in [0.15, 0.2) is 5.69 Å². The van der Waals surface area contributed by atoms with Crippen molar-refractivity contribution in [2.24, 2.45) is 0 Å². The van der Waals surface area contributed by atoms with Crippen LogP contribution in [-0.2, 0) is 22.6 Å². The van der Waals surface area contributed by atoms with Gasteiger partial charge in [0.2, 0.25) is 0 Å². The highest BCUT2D eigenvalue weighted by atomic mass is 35.5. The van der Waals surface area contributed by atoms with E-state index in [-0.39, 0.29) is 17.5 Å². The quantitative estimate of drug-likeness (QED) is 0.843. The predicted octanol–water partition coefficient (Wildman–Crippen LogP) is 1.60. The molecule has 1 rings (SSSR count). The highest BCUT2D eigenvalue weighted by molar-refractivity contribution is 7.90. The van der Waals surface area contributed by atoms with E-state index in [4.69, 9.17) is 11.6 Å². The van der Waals surface area contributed by atoms with Crippen molar-refractivity contribution in [2.75, 3.05) is 12.0 Å². The largest absolute Gasteiger partial charge is 0.435 e. The minimum atomic E-state index is -4.58. The van der Waals surface area contributed by atoms with Crippen molar-refractivity contribution in [3.05, 3.63) is 16.9 Å². The maximum absolute atomic E-state index is 12.2. The minimum absolute atomic E-state index is 0.201. The van der Waals surface area contributed by atoms with Gasteiger partial charge in [-0.3, -0.25) is 4.68 Å². The molecule has 16 heavy (non-hydrogen) atoms. The second-order valence-corrected chi connectivity index (χ2v) is 5.85. The third-order valence-corrected chi connectivity index (χ3v) is 2.92. The van der Waals surface area contributed by atoms with E-state index in [0.717, 1.165) is 10.9 Å². The molecule has 9 heteroatoms. The topological polar surface area (TPSA) is 52.0 Å². The molecule has 0 radical (unpaired) electrons. The maximum atomic E-state index is 12.2. The van der Waals surface area contributed by atoms with E-state index in [0.29, 0.717) is 6.07 Å². The molecule has 0 fully saturated rings. The normalized spacial score (nSPS) is 13.1. The fourth-order valence-electron chi connectivity index (χ4n) is 0.942. The minimum Gasteiger partial charge on any atom is -0.252 e. The summed E-state index contributed by atoms with van der Waals surface area (Å²) in [6, 6.07) is 0.657. The first kappa shape index (κ1) is 13.3. The van der Waals surface area contributed by atoms with E-state index in [1.807, 2.05) is 0 Å². The average Bonchev–Trinajstić information content (AvgIpc) is 2.41. The Bertz CT molecular complexity index is 480. The van der Waals surface area contributed by atoms with Crippen LogP contribution < -0.4 is 0 Å². The summed E-state index contributed by atoms with van der Waals surface area (Å²) in [5.41, 5.74) is -1.13. The van der Waals surface area contributed by atoms with Gasteiger partial charge in [0.05, 0.1) is 12.3 Å². The Kier molecular flexibility index (Phi) is 3.53. The lowest BCUT2D eigenvalue weighted by atomic mass is 10.4. The van der Waals surface area contributed by atoms with Gasteiger partial charge in [-0.15, -0.1) is 0 Å². The molecular formula is C7H8ClF3N2O2S. The summed E-state index contributed by atoms with van der Waals surface area (Å²) in [7, 11) is -3.27. The molecule has 0 N–H and O–H groups in total. The van der Waals surface area contributed by atoms with Crippen molar-refractivity contribution in [1.29, 1.82) is 0 Å². The fraction of sp³-hybridized carbons (Fsp3) is 0.571. The van der Waals surface area contributed by atoms with Crippen molar-refractivity contribution >= 4 is 21.4 Å². The molecule has 1 aromatic heterocycles. The molecule has 1 aromatic rings. The molecule has 1 heterocycles. The first-order chi connectivity index (χ1) is 7.09. The van der Waals surface area contributed by atoms with Crippen LogP contribution in [0.1, 0.15) is 5.69 Å². The van der Waals surface area contributed by atoms with E-state index < -0.39 is 21.7 Å². The van der Waals surface area contributed by atoms with Gasteiger partial charge < -0.3 is 0 Å². The summed E-state index contributed by atoms with van der Waals surface area (Å²) < 4.78 is 59.0. The van der Waals surface area contributed by atoms with Crippen molar-refractivity contribution in [2.45, 2.75) is 12.7 Å². The Labute approximate surface area is 94.9 Å². The monoisotopic (exact) mass is 276 g/mol. The van der Waals surface area contributed by atoms with Crippen molar-refractivity contribution in [3.8, 4) is 0 Å². The molecule has 0 atom stereocenters. The molecule has 0 saturated heterocycles. The second-order valence-electron chi connectivity index (χ2n) is 3.20. The predicted molar refractivity (Wildman–Crippen MR) is 51.9 cm³/mol. The van der Waals surface area contributed by atoms with Crippen molar-refractivity contribution < 1.29 is 21.6 Å². The Morgan fingerprint density at radius 2 is 2.06 bits per heavy atom. The lowest BCUT2D eigenvalue weighted by molar-refractivity contribution is -0.141. The molecule has 0 aliphatic carbocycles. The number of aromatic nitrogens is 2. The highest BCUT2D eigenvalue weighted by Crippen LogP contribution is 2.29. The summed E-state index contributed by atoms with van der Waals surface area (Å²) in [6.07, 6.45) is -3.60. The summed E-state index contributed by atoms with van der Waals surface area (Å²) in [5, 5.41) is 2.94. The number of nitrogens with zero attached hydrogens (tertiary/aromatic N) is 2. The van der Waals surface area contributed by atoms with E-state index >= 15 is 0 Å². The summed E-state index contributed by atoms with van der Waals surface area (Å²) in [6.45, 7) is -0.201. The second kappa shape index (κ2) is 4.25. The lowest BCUT2D eigenvalue weighted by Crippen LogP contribution is -2.13. The van der Waals surface area contributed by atoms with Crippen LogP contribution in [0.2, 0.25) is 5.15 Å². The average molecular weight is 277 g/mol. The number of hydrogen-bond acceptors (Lipinski definition) is 3. The zero-order valence-electron chi connectivity index (χ0n) is 8.12. The van der Waals surface area contributed by atoms with Crippen LogP contribution in [-0.4, -0.2) is 30.2 Å². The third kappa shape index (κ3) is 3.67.